The van der Waals surface area contributed by atoms with Crippen LogP contribution in [0.3, 0.4) is 0 Å². The lowest BCUT2D eigenvalue weighted by molar-refractivity contribution is -0.137. The number of aliphatic hydroxyl groups excluding tert-OH is 1. The fraction of sp³-hybridized carbons (Fsp3) is 0.588. The van der Waals surface area contributed by atoms with E-state index in [1.807, 2.05) is 0 Å². The van der Waals surface area contributed by atoms with Gasteiger partial charge in [0.05, 0.1) is 0 Å². The smallest absolute Gasteiger partial charge is 0.303 e. The Labute approximate surface area is 132 Å². The molecule has 0 aliphatic rings. The van der Waals surface area contributed by atoms with Crippen molar-refractivity contribution in [2.75, 3.05) is 6.54 Å². The molecule has 1 aromatic rings. The summed E-state index contributed by atoms with van der Waals surface area (Å²) in [5.41, 5.74) is 0.501. The summed E-state index contributed by atoms with van der Waals surface area (Å²) in [5, 5.41) is 31.1. The highest BCUT2D eigenvalue weighted by Gasteiger charge is 2.09. The van der Waals surface area contributed by atoms with Gasteiger partial charge in [0.25, 0.3) is 0 Å². The number of unbranched alkanes of at least 4 members (excludes halogenated alkanes) is 6. The van der Waals surface area contributed by atoms with E-state index >= 15 is 0 Å². The number of nitrogens with one attached hydrogen (secondary N) is 1. The number of aliphatic hydroxyl groups is 1. The van der Waals surface area contributed by atoms with E-state index in [0.29, 0.717) is 12.1 Å². The average molecular weight is 309 g/mol. The molecule has 0 radical (unpaired) electrons. The van der Waals surface area contributed by atoms with Crippen LogP contribution in [0.15, 0.2) is 24.3 Å². The zero-order valence-electron chi connectivity index (χ0n) is 13.0. The lowest BCUT2D eigenvalue weighted by Crippen LogP contribution is -2.22. The molecule has 0 aliphatic heterocycles. The van der Waals surface area contributed by atoms with Gasteiger partial charge >= 0.3 is 5.97 Å². The number of hydrogen-bond acceptors (Lipinski definition) is 4. The molecule has 4 N–H and O–H groups in total. The van der Waals surface area contributed by atoms with Gasteiger partial charge in [-0.15, -0.1) is 0 Å². The topological polar surface area (TPSA) is 89.8 Å². The van der Waals surface area contributed by atoms with Crippen molar-refractivity contribution in [2.45, 2.75) is 57.6 Å². The fourth-order valence-corrected chi connectivity index (χ4v) is 2.35. The molecule has 1 aromatic carbocycles. The second-order valence-corrected chi connectivity index (χ2v) is 5.53. The van der Waals surface area contributed by atoms with Gasteiger partial charge in [-0.3, -0.25) is 10.1 Å². The number of benzene rings is 1. The van der Waals surface area contributed by atoms with Gasteiger partial charge in [-0.1, -0.05) is 50.3 Å². The summed E-state index contributed by atoms with van der Waals surface area (Å²) in [4.78, 5) is 10.3. The Morgan fingerprint density at radius 2 is 1.59 bits per heavy atom. The number of para-hydroxylation sites is 1. The molecule has 0 bridgehead atoms. The number of phenolic OH excluding ortho intramolecular Hbond substituents is 1. The minimum absolute atomic E-state index is 0.101. The first-order chi connectivity index (χ1) is 10.6. The first-order valence-electron chi connectivity index (χ1n) is 8.02. The third-order valence-corrected chi connectivity index (χ3v) is 3.64. The van der Waals surface area contributed by atoms with Gasteiger partial charge in [-0.25, -0.2) is 0 Å². The molecule has 0 saturated carbocycles. The Balaban J connectivity index is 1.97. The quantitative estimate of drug-likeness (QED) is 0.352. The lowest BCUT2D eigenvalue weighted by atomic mass is 10.1. The summed E-state index contributed by atoms with van der Waals surface area (Å²) >= 11 is 0. The molecule has 5 heteroatoms. The molecular weight excluding hydrogens is 282 g/mol. The molecule has 0 aromatic heterocycles. The van der Waals surface area contributed by atoms with Crippen LogP contribution in [0, 0.1) is 0 Å². The second-order valence-electron chi connectivity index (χ2n) is 5.53. The highest BCUT2D eigenvalue weighted by Crippen LogP contribution is 2.21. The van der Waals surface area contributed by atoms with E-state index < -0.39 is 12.2 Å². The number of phenols is 1. The Morgan fingerprint density at radius 1 is 1.00 bits per heavy atom. The summed E-state index contributed by atoms with van der Waals surface area (Å²) < 4.78 is 0. The Morgan fingerprint density at radius 3 is 2.23 bits per heavy atom. The highest BCUT2D eigenvalue weighted by molar-refractivity contribution is 5.66. The van der Waals surface area contributed by atoms with Crippen LogP contribution in [0.1, 0.15) is 63.2 Å². The molecule has 1 unspecified atom stereocenters. The van der Waals surface area contributed by atoms with Gasteiger partial charge in [0.1, 0.15) is 12.0 Å². The number of aromatic hydroxyl groups is 1. The van der Waals surface area contributed by atoms with Crippen LogP contribution in [-0.4, -0.2) is 27.8 Å². The summed E-state index contributed by atoms with van der Waals surface area (Å²) in [6.07, 6.45) is 6.58. The Bertz CT molecular complexity index is 436. The van der Waals surface area contributed by atoms with E-state index in [1.165, 1.54) is 0 Å². The zero-order valence-corrected chi connectivity index (χ0v) is 13.0. The number of carboxylic acids is 1. The van der Waals surface area contributed by atoms with Crippen molar-refractivity contribution < 1.29 is 20.1 Å². The third kappa shape index (κ3) is 8.00. The normalized spacial score (nSPS) is 12.2. The largest absolute Gasteiger partial charge is 0.508 e. The van der Waals surface area contributed by atoms with E-state index in [-0.39, 0.29) is 12.2 Å². The molecule has 0 amide bonds. The highest BCUT2D eigenvalue weighted by atomic mass is 16.4. The van der Waals surface area contributed by atoms with Crippen molar-refractivity contribution >= 4 is 5.97 Å². The van der Waals surface area contributed by atoms with Crippen molar-refractivity contribution in [1.29, 1.82) is 0 Å². The van der Waals surface area contributed by atoms with Crippen LogP contribution in [0.4, 0.5) is 0 Å². The first-order valence-corrected chi connectivity index (χ1v) is 8.02. The van der Waals surface area contributed by atoms with Crippen LogP contribution in [0.25, 0.3) is 0 Å². The molecule has 22 heavy (non-hydrogen) atoms. The van der Waals surface area contributed by atoms with Crippen molar-refractivity contribution in [3.05, 3.63) is 29.8 Å². The summed E-state index contributed by atoms with van der Waals surface area (Å²) in [6.45, 7) is 0.703. The number of carboxylic acid groups (broad SMARTS) is 1. The van der Waals surface area contributed by atoms with Crippen molar-refractivity contribution in [3.8, 4) is 5.75 Å². The molecule has 0 heterocycles. The minimum atomic E-state index is -0.836. The minimum Gasteiger partial charge on any atom is -0.508 e. The molecule has 5 nitrogen and oxygen atoms in total. The number of aliphatic carboxylic acids is 1. The van der Waals surface area contributed by atoms with Crippen molar-refractivity contribution in [3.63, 3.8) is 0 Å². The maximum Gasteiger partial charge on any atom is 0.303 e. The predicted octanol–water partition coefficient (Wildman–Crippen LogP) is 3.18. The van der Waals surface area contributed by atoms with Gasteiger partial charge in [0.2, 0.25) is 0 Å². The predicted molar refractivity (Wildman–Crippen MR) is 85.6 cm³/mol. The molecule has 0 saturated heterocycles. The molecule has 124 valence electrons. The standard InChI is InChI=1S/C17H27NO4/c19-15-11-8-7-10-14(15)17(22)18-13-9-5-3-1-2-4-6-12-16(20)21/h7-8,10-11,17-19,22H,1-6,9,12-13H2,(H,20,21). The van der Waals surface area contributed by atoms with Crippen LogP contribution in [0.5, 0.6) is 5.75 Å². The summed E-state index contributed by atoms with van der Waals surface area (Å²) in [5.74, 6) is -0.613. The van der Waals surface area contributed by atoms with Crippen LogP contribution in [-0.2, 0) is 4.79 Å². The zero-order chi connectivity index (χ0) is 16.2. The van der Waals surface area contributed by atoms with Gasteiger partial charge in [0.15, 0.2) is 0 Å². The van der Waals surface area contributed by atoms with Crippen LogP contribution >= 0.6 is 0 Å². The van der Waals surface area contributed by atoms with E-state index in [4.69, 9.17) is 5.11 Å². The van der Waals surface area contributed by atoms with Gasteiger partial charge in [-0.05, 0) is 25.5 Å². The van der Waals surface area contributed by atoms with Crippen LogP contribution in [0.2, 0.25) is 0 Å². The van der Waals surface area contributed by atoms with E-state index in [9.17, 15) is 15.0 Å². The van der Waals surface area contributed by atoms with E-state index in [1.54, 1.807) is 24.3 Å². The van der Waals surface area contributed by atoms with Gasteiger partial charge < -0.3 is 15.3 Å². The molecular formula is C17H27NO4. The van der Waals surface area contributed by atoms with Crippen molar-refractivity contribution in [1.82, 2.24) is 5.32 Å². The van der Waals surface area contributed by atoms with Crippen LogP contribution < -0.4 is 5.32 Å². The average Bonchev–Trinajstić information content (AvgIpc) is 2.49. The number of carbonyl (C=O) groups is 1. The molecule has 1 atom stereocenters. The Hall–Kier alpha value is -1.59. The monoisotopic (exact) mass is 309 g/mol. The second kappa shape index (κ2) is 11.0. The molecule has 0 fully saturated rings. The number of hydrogen-bond donors (Lipinski definition) is 4. The Kier molecular flexibility index (Phi) is 9.26. The lowest BCUT2D eigenvalue weighted by Gasteiger charge is -2.14. The summed E-state index contributed by atoms with van der Waals surface area (Å²) in [6, 6.07) is 6.76. The third-order valence-electron chi connectivity index (χ3n) is 3.64. The maximum atomic E-state index is 10.3. The van der Waals surface area contributed by atoms with Gasteiger partial charge in [0, 0.05) is 12.0 Å². The number of rotatable bonds is 12. The SMILES string of the molecule is O=C(O)CCCCCCCCCNC(O)c1ccccc1O. The van der Waals surface area contributed by atoms with E-state index in [0.717, 1.165) is 44.9 Å². The van der Waals surface area contributed by atoms with Crippen molar-refractivity contribution in [2.24, 2.45) is 0 Å². The first kappa shape index (κ1) is 18.5. The van der Waals surface area contributed by atoms with Gasteiger partial charge in [-0.2, -0.15) is 0 Å². The van der Waals surface area contributed by atoms with E-state index in [2.05, 4.69) is 5.32 Å². The summed E-state index contributed by atoms with van der Waals surface area (Å²) in [7, 11) is 0. The molecule has 0 aliphatic carbocycles. The molecule has 1 rings (SSSR count). The fourth-order valence-electron chi connectivity index (χ4n) is 2.35. The maximum absolute atomic E-state index is 10.3. The molecule has 0 spiro atoms.